The summed E-state index contributed by atoms with van der Waals surface area (Å²) in [4.78, 5) is 28.6. The number of nitrogens with one attached hydrogen (secondary N) is 2. The summed E-state index contributed by atoms with van der Waals surface area (Å²) >= 11 is 0. The van der Waals surface area contributed by atoms with Crippen LogP contribution in [-0.4, -0.2) is 45.8 Å². The number of benzene rings is 1. The molecule has 0 fully saturated rings. The van der Waals surface area contributed by atoms with Crippen molar-refractivity contribution in [3.05, 3.63) is 28.7 Å². The molecule has 1 unspecified atom stereocenters. The van der Waals surface area contributed by atoms with Gasteiger partial charge in [0.05, 0.1) is 23.6 Å². The van der Waals surface area contributed by atoms with E-state index in [9.17, 15) is 14.7 Å². The molecule has 2 aromatic rings. The number of imidazole rings is 1. The lowest BCUT2D eigenvalue weighted by molar-refractivity contribution is -0.139. The fourth-order valence-electron chi connectivity index (χ4n) is 1.95. The van der Waals surface area contributed by atoms with Crippen LogP contribution < -0.4 is 10.6 Å². The average Bonchev–Trinajstić information content (AvgIpc) is 2.66. The fourth-order valence-corrected chi connectivity index (χ4v) is 1.95. The minimum Gasteiger partial charge on any atom is -0.481 e. The SMILES string of the molecule is CN(CC(O)CC(=O)O)c1ccc2[nH]c(=O)[nH]c2c1. The summed E-state index contributed by atoms with van der Waals surface area (Å²) in [5.74, 6) is -1.04. The molecule has 1 atom stereocenters. The van der Waals surface area contributed by atoms with Gasteiger partial charge < -0.3 is 25.1 Å². The number of hydrogen-bond donors (Lipinski definition) is 4. The van der Waals surface area contributed by atoms with Crippen LogP contribution in [0.25, 0.3) is 11.0 Å². The van der Waals surface area contributed by atoms with E-state index >= 15 is 0 Å². The zero-order chi connectivity index (χ0) is 14.0. The van der Waals surface area contributed by atoms with E-state index in [0.717, 1.165) is 5.69 Å². The van der Waals surface area contributed by atoms with E-state index in [1.54, 1.807) is 30.1 Å². The van der Waals surface area contributed by atoms with Crippen molar-refractivity contribution in [3.63, 3.8) is 0 Å². The Morgan fingerprint density at radius 1 is 1.37 bits per heavy atom. The summed E-state index contributed by atoms with van der Waals surface area (Å²) in [5, 5.41) is 18.2. The third-order valence-electron chi connectivity index (χ3n) is 2.84. The van der Waals surface area contributed by atoms with Crippen molar-refractivity contribution >= 4 is 22.7 Å². The number of carboxylic acid groups (broad SMARTS) is 1. The van der Waals surface area contributed by atoms with Gasteiger partial charge in [-0.3, -0.25) is 4.79 Å². The van der Waals surface area contributed by atoms with Gasteiger partial charge in [-0.25, -0.2) is 4.79 Å². The van der Waals surface area contributed by atoms with Crippen molar-refractivity contribution in [1.82, 2.24) is 9.97 Å². The predicted octanol–water partition coefficient (Wildman–Crippen LogP) is 0.128. The van der Waals surface area contributed by atoms with E-state index in [1.165, 1.54) is 0 Å². The van der Waals surface area contributed by atoms with Gasteiger partial charge in [0.2, 0.25) is 0 Å². The molecule has 4 N–H and O–H groups in total. The molecule has 7 heteroatoms. The normalized spacial score (nSPS) is 12.5. The second-order valence-electron chi connectivity index (χ2n) is 4.44. The Hall–Kier alpha value is -2.28. The molecule has 1 aromatic carbocycles. The van der Waals surface area contributed by atoms with E-state index < -0.39 is 12.1 Å². The third kappa shape index (κ3) is 3.14. The number of likely N-dealkylation sites (N-methyl/N-ethyl adjacent to an activating group) is 1. The van der Waals surface area contributed by atoms with Gasteiger partial charge in [0.25, 0.3) is 0 Å². The van der Waals surface area contributed by atoms with Crippen molar-refractivity contribution in [3.8, 4) is 0 Å². The molecule has 0 aliphatic rings. The van der Waals surface area contributed by atoms with Gasteiger partial charge >= 0.3 is 11.7 Å². The van der Waals surface area contributed by atoms with Crippen LogP contribution in [0.4, 0.5) is 5.69 Å². The van der Waals surface area contributed by atoms with Crippen LogP contribution in [0.5, 0.6) is 0 Å². The first-order valence-corrected chi connectivity index (χ1v) is 5.79. The van der Waals surface area contributed by atoms with Crippen LogP contribution in [0, 0.1) is 0 Å². The Morgan fingerprint density at radius 2 is 2.05 bits per heavy atom. The molecule has 19 heavy (non-hydrogen) atoms. The summed E-state index contributed by atoms with van der Waals surface area (Å²) in [6.07, 6.45) is -1.24. The number of hydrogen-bond acceptors (Lipinski definition) is 4. The molecular weight excluding hydrogens is 250 g/mol. The molecule has 0 radical (unpaired) electrons. The number of aliphatic hydroxyl groups is 1. The van der Waals surface area contributed by atoms with Crippen LogP contribution >= 0.6 is 0 Å². The smallest absolute Gasteiger partial charge is 0.323 e. The highest BCUT2D eigenvalue weighted by atomic mass is 16.4. The lowest BCUT2D eigenvalue weighted by atomic mass is 10.2. The van der Waals surface area contributed by atoms with Gasteiger partial charge in [0, 0.05) is 19.3 Å². The first-order valence-electron chi connectivity index (χ1n) is 5.79. The standard InChI is InChI=1S/C12H15N3O4/c1-15(6-8(16)5-11(17)18)7-2-3-9-10(4-7)14-12(19)13-9/h2-4,8,16H,5-6H2,1H3,(H,17,18)(H2,13,14,19). The highest BCUT2D eigenvalue weighted by molar-refractivity contribution is 5.79. The molecule has 0 amide bonds. The van der Waals surface area contributed by atoms with Gasteiger partial charge in [-0.2, -0.15) is 0 Å². The summed E-state index contributed by atoms with van der Waals surface area (Å²) in [6.45, 7) is 0.201. The molecular formula is C12H15N3O4. The number of aromatic nitrogens is 2. The molecule has 2 rings (SSSR count). The Balaban J connectivity index is 2.14. The second kappa shape index (κ2) is 5.15. The highest BCUT2D eigenvalue weighted by Gasteiger charge is 2.13. The van der Waals surface area contributed by atoms with Crippen molar-refractivity contribution in [1.29, 1.82) is 0 Å². The second-order valence-corrected chi connectivity index (χ2v) is 4.44. The van der Waals surface area contributed by atoms with E-state index in [4.69, 9.17) is 5.11 Å². The number of H-pyrrole nitrogens is 2. The average molecular weight is 265 g/mol. The van der Waals surface area contributed by atoms with Gasteiger partial charge in [0.1, 0.15) is 0 Å². The molecule has 0 aliphatic heterocycles. The highest BCUT2D eigenvalue weighted by Crippen LogP contribution is 2.18. The first-order chi connectivity index (χ1) is 8.95. The quantitative estimate of drug-likeness (QED) is 0.614. The van der Waals surface area contributed by atoms with E-state index in [0.29, 0.717) is 11.0 Å². The molecule has 0 saturated carbocycles. The van der Waals surface area contributed by atoms with E-state index in [1.807, 2.05) is 0 Å². The lowest BCUT2D eigenvalue weighted by Gasteiger charge is -2.21. The minimum atomic E-state index is -1.04. The number of fused-ring (bicyclic) bond motifs is 1. The summed E-state index contributed by atoms with van der Waals surface area (Å²) < 4.78 is 0. The maximum atomic E-state index is 11.1. The maximum absolute atomic E-state index is 11.1. The van der Waals surface area contributed by atoms with Crippen LogP contribution in [0.15, 0.2) is 23.0 Å². The number of aromatic amines is 2. The lowest BCUT2D eigenvalue weighted by Crippen LogP contribution is -2.30. The molecule has 0 bridgehead atoms. The first kappa shape index (κ1) is 13.2. The fraction of sp³-hybridized carbons (Fsp3) is 0.333. The number of carboxylic acids is 1. The van der Waals surface area contributed by atoms with Crippen LogP contribution in [0.2, 0.25) is 0 Å². The van der Waals surface area contributed by atoms with Crippen molar-refractivity contribution in [2.24, 2.45) is 0 Å². The zero-order valence-corrected chi connectivity index (χ0v) is 10.4. The number of aliphatic carboxylic acids is 1. The van der Waals surface area contributed by atoms with Crippen molar-refractivity contribution < 1.29 is 15.0 Å². The maximum Gasteiger partial charge on any atom is 0.323 e. The summed E-state index contributed by atoms with van der Waals surface area (Å²) in [5.41, 5.74) is 1.88. The number of carbonyl (C=O) groups is 1. The third-order valence-corrected chi connectivity index (χ3v) is 2.84. The van der Waals surface area contributed by atoms with Crippen LogP contribution in [0.3, 0.4) is 0 Å². The summed E-state index contributed by atoms with van der Waals surface area (Å²) in [7, 11) is 1.75. The van der Waals surface area contributed by atoms with Crippen molar-refractivity contribution in [2.75, 3.05) is 18.5 Å². The Labute approximate surface area is 108 Å². The monoisotopic (exact) mass is 265 g/mol. The number of rotatable bonds is 5. The number of nitrogens with zero attached hydrogens (tertiary/aromatic N) is 1. The Morgan fingerprint density at radius 3 is 2.74 bits per heavy atom. The van der Waals surface area contributed by atoms with Crippen molar-refractivity contribution in [2.45, 2.75) is 12.5 Å². The Kier molecular flexibility index (Phi) is 3.57. The molecule has 0 aliphatic carbocycles. The molecule has 0 spiro atoms. The molecule has 102 valence electrons. The molecule has 0 saturated heterocycles. The van der Waals surface area contributed by atoms with E-state index in [-0.39, 0.29) is 18.7 Å². The largest absolute Gasteiger partial charge is 0.481 e. The van der Waals surface area contributed by atoms with Gasteiger partial charge in [-0.1, -0.05) is 0 Å². The predicted molar refractivity (Wildman–Crippen MR) is 70.4 cm³/mol. The topological polar surface area (TPSA) is 109 Å². The summed E-state index contributed by atoms with van der Waals surface area (Å²) in [6, 6.07) is 5.31. The molecule has 1 heterocycles. The van der Waals surface area contributed by atoms with Crippen LogP contribution in [0.1, 0.15) is 6.42 Å². The molecule has 1 aromatic heterocycles. The minimum absolute atomic E-state index is 0.201. The number of anilines is 1. The number of aliphatic hydroxyl groups excluding tert-OH is 1. The zero-order valence-electron chi connectivity index (χ0n) is 10.4. The Bertz CT molecular complexity index is 646. The van der Waals surface area contributed by atoms with Crippen LogP contribution in [-0.2, 0) is 4.79 Å². The van der Waals surface area contributed by atoms with E-state index in [2.05, 4.69) is 9.97 Å². The van der Waals surface area contributed by atoms with Gasteiger partial charge in [0.15, 0.2) is 0 Å². The van der Waals surface area contributed by atoms with Gasteiger partial charge in [-0.15, -0.1) is 0 Å². The molecule has 7 nitrogen and oxygen atoms in total. The van der Waals surface area contributed by atoms with Gasteiger partial charge in [-0.05, 0) is 18.2 Å².